The maximum Gasteiger partial charge on any atom is 0.221 e. The van der Waals surface area contributed by atoms with Crippen LogP contribution in [0.15, 0.2) is 36.4 Å². The van der Waals surface area contributed by atoms with E-state index in [1.165, 1.54) is 12.1 Å². The third-order valence-corrected chi connectivity index (χ3v) is 3.49. The van der Waals surface area contributed by atoms with Crippen LogP contribution in [0, 0.1) is 12.7 Å². The molecule has 0 radical (unpaired) electrons. The number of amides is 1. The number of nitrogens with two attached hydrogens (primary N) is 1. The summed E-state index contributed by atoms with van der Waals surface area (Å²) < 4.78 is 19.1. The van der Waals surface area contributed by atoms with E-state index in [1.54, 1.807) is 11.5 Å². The lowest BCUT2D eigenvalue weighted by Gasteiger charge is -2.16. The minimum atomic E-state index is -0.212. The lowest BCUT2D eigenvalue weighted by molar-refractivity contribution is -0.109. The van der Waals surface area contributed by atoms with Gasteiger partial charge in [0.15, 0.2) is 0 Å². The second-order valence-corrected chi connectivity index (χ2v) is 5.04. The quantitative estimate of drug-likeness (QED) is 0.329. The molecule has 0 heterocycles. The Kier molecular flexibility index (Phi) is 8.29. The largest absolute Gasteiger partial charge is 0.486 e. The molecule has 0 spiro atoms. The van der Waals surface area contributed by atoms with Gasteiger partial charge in [-0.3, -0.25) is 10.2 Å². The normalized spacial score (nSPS) is 9.54. The number of benzene rings is 2. The van der Waals surface area contributed by atoms with Gasteiger partial charge in [-0.05, 0) is 48.2 Å². The molecule has 0 unspecified atom stereocenters. The second kappa shape index (κ2) is 10.2. The number of hydrazine groups is 1. The fourth-order valence-electron chi connectivity index (χ4n) is 2.20. The lowest BCUT2D eigenvalue weighted by Crippen LogP contribution is -2.18. The van der Waals surface area contributed by atoms with Gasteiger partial charge in [-0.15, -0.1) is 0 Å². The summed E-state index contributed by atoms with van der Waals surface area (Å²) >= 11 is 0. The standard InChI is InChI=1S/C17H20FNO.CH4N2O/c1-4-13-6-5-7-16(19-3)17(13)20-11-14-8-9-15(18)10-12(14)2;2-3-1-4/h5-10,19H,4,11H2,1-3H3;1H,2H2,(H,3,4). The van der Waals surface area contributed by atoms with E-state index in [0.29, 0.717) is 13.0 Å². The number of anilines is 1. The van der Waals surface area contributed by atoms with Gasteiger partial charge < -0.3 is 10.1 Å². The van der Waals surface area contributed by atoms with Crippen molar-refractivity contribution in [1.29, 1.82) is 0 Å². The predicted molar refractivity (Wildman–Crippen MR) is 94.2 cm³/mol. The van der Waals surface area contributed by atoms with Crippen molar-refractivity contribution in [2.45, 2.75) is 26.9 Å². The summed E-state index contributed by atoms with van der Waals surface area (Å²) in [6.45, 7) is 4.44. The van der Waals surface area contributed by atoms with Crippen LogP contribution >= 0.6 is 0 Å². The van der Waals surface area contributed by atoms with Crippen molar-refractivity contribution in [3.63, 3.8) is 0 Å². The summed E-state index contributed by atoms with van der Waals surface area (Å²) in [6, 6.07) is 10.8. The van der Waals surface area contributed by atoms with E-state index in [9.17, 15) is 4.39 Å². The highest BCUT2D eigenvalue weighted by Gasteiger charge is 2.09. The Labute approximate surface area is 142 Å². The molecule has 0 aliphatic heterocycles. The molecule has 2 aromatic carbocycles. The van der Waals surface area contributed by atoms with Crippen LogP contribution < -0.4 is 21.3 Å². The van der Waals surface area contributed by atoms with Gasteiger partial charge in [0.2, 0.25) is 6.41 Å². The summed E-state index contributed by atoms with van der Waals surface area (Å²) in [7, 11) is 1.88. The molecule has 2 aromatic rings. The van der Waals surface area contributed by atoms with Gasteiger partial charge in [0, 0.05) is 7.05 Å². The van der Waals surface area contributed by atoms with Crippen LogP contribution in [0.3, 0.4) is 0 Å². The number of halogens is 1. The number of carbonyl (C=O) groups excluding carboxylic acids is 1. The number of aryl methyl sites for hydroxylation is 2. The van der Waals surface area contributed by atoms with Crippen LogP contribution in [-0.2, 0) is 17.8 Å². The van der Waals surface area contributed by atoms with Gasteiger partial charge in [0.05, 0.1) is 5.69 Å². The Morgan fingerprint density at radius 3 is 2.50 bits per heavy atom. The van der Waals surface area contributed by atoms with E-state index in [2.05, 4.69) is 24.1 Å². The van der Waals surface area contributed by atoms with Crippen LogP contribution in [0.25, 0.3) is 0 Å². The molecule has 0 saturated carbocycles. The molecule has 2 rings (SSSR count). The Balaban J connectivity index is 0.000000648. The summed E-state index contributed by atoms with van der Waals surface area (Å²) in [4.78, 5) is 8.94. The molecule has 0 aromatic heterocycles. The molecule has 0 bridgehead atoms. The van der Waals surface area contributed by atoms with Crippen molar-refractivity contribution >= 4 is 12.1 Å². The smallest absolute Gasteiger partial charge is 0.221 e. The van der Waals surface area contributed by atoms with Gasteiger partial charge in [0.1, 0.15) is 18.2 Å². The van der Waals surface area contributed by atoms with Gasteiger partial charge in [-0.25, -0.2) is 10.2 Å². The van der Waals surface area contributed by atoms with Crippen LogP contribution in [0.1, 0.15) is 23.6 Å². The molecule has 5 nitrogen and oxygen atoms in total. The maximum atomic E-state index is 13.1. The second-order valence-electron chi connectivity index (χ2n) is 5.04. The molecule has 0 saturated heterocycles. The van der Waals surface area contributed by atoms with Crippen LogP contribution in [0.5, 0.6) is 5.75 Å². The average molecular weight is 333 g/mol. The van der Waals surface area contributed by atoms with Crippen molar-refractivity contribution < 1.29 is 13.9 Å². The third-order valence-electron chi connectivity index (χ3n) is 3.49. The predicted octanol–water partition coefficient (Wildman–Crippen LogP) is 2.92. The minimum Gasteiger partial charge on any atom is -0.486 e. The number of hydrogen-bond acceptors (Lipinski definition) is 4. The van der Waals surface area contributed by atoms with E-state index in [0.717, 1.165) is 34.5 Å². The SMILES string of the molecule is CCc1cccc(NC)c1OCc1ccc(F)cc1C.NNC=O. The zero-order valence-electron chi connectivity index (χ0n) is 14.2. The van der Waals surface area contributed by atoms with Gasteiger partial charge in [-0.1, -0.05) is 25.1 Å². The summed E-state index contributed by atoms with van der Waals surface area (Å²) in [5.41, 5.74) is 5.80. The number of ether oxygens (including phenoxy) is 1. The van der Waals surface area contributed by atoms with Crippen LogP contribution in [-0.4, -0.2) is 13.5 Å². The van der Waals surface area contributed by atoms with Gasteiger partial charge in [-0.2, -0.15) is 0 Å². The van der Waals surface area contributed by atoms with Gasteiger partial charge >= 0.3 is 0 Å². The molecular formula is C18H24FN3O2. The topological polar surface area (TPSA) is 76.4 Å². The first-order chi connectivity index (χ1) is 11.6. The lowest BCUT2D eigenvalue weighted by atomic mass is 10.1. The monoisotopic (exact) mass is 333 g/mol. The molecule has 4 N–H and O–H groups in total. The number of para-hydroxylation sites is 1. The van der Waals surface area contributed by atoms with Crippen LogP contribution in [0.2, 0.25) is 0 Å². The highest BCUT2D eigenvalue weighted by Crippen LogP contribution is 2.30. The molecule has 0 aliphatic carbocycles. The molecule has 0 fully saturated rings. The Morgan fingerprint density at radius 1 is 1.25 bits per heavy atom. The summed E-state index contributed by atoms with van der Waals surface area (Å²) in [5, 5.41) is 3.15. The number of carbonyl (C=O) groups is 1. The number of nitrogens with one attached hydrogen (secondary N) is 2. The van der Waals surface area contributed by atoms with E-state index in [4.69, 9.17) is 9.53 Å². The Bertz CT molecular complexity index is 640. The highest BCUT2D eigenvalue weighted by atomic mass is 19.1. The van der Waals surface area contributed by atoms with Crippen molar-refractivity contribution in [3.05, 3.63) is 58.9 Å². The minimum absolute atomic E-state index is 0.212. The molecule has 24 heavy (non-hydrogen) atoms. The fourth-order valence-corrected chi connectivity index (χ4v) is 2.20. The first kappa shape index (κ1) is 19.4. The fraction of sp³-hybridized carbons (Fsp3) is 0.278. The molecule has 1 amide bonds. The summed E-state index contributed by atoms with van der Waals surface area (Å²) in [5.74, 6) is 5.07. The first-order valence-corrected chi connectivity index (χ1v) is 7.64. The van der Waals surface area contributed by atoms with Gasteiger partial charge in [0.25, 0.3) is 0 Å². The highest BCUT2D eigenvalue weighted by molar-refractivity contribution is 5.60. The molecule has 0 aliphatic rings. The van der Waals surface area contributed by atoms with Crippen molar-refractivity contribution in [3.8, 4) is 5.75 Å². The Morgan fingerprint density at radius 2 is 1.96 bits per heavy atom. The first-order valence-electron chi connectivity index (χ1n) is 7.64. The average Bonchev–Trinajstić information content (AvgIpc) is 2.60. The van der Waals surface area contributed by atoms with E-state index in [-0.39, 0.29) is 5.82 Å². The van der Waals surface area contributed by atoms with Crippen molar-refractivity contribution in [2.24, 2.45) is 5.84 Å². The molecule has 130 valence electrons. The molecule has 0 atom stereocenters. The van der Waals surface area contributed by atoms with Crippen molar-refractivity contribution in [2.75, 3.05) is 12.4 Å². The number of rotatable bonds is 6. The zero-order chi connectivity index (χ0) is 17.9. The Hall–Kier alpha value is -2.60. The van der Waals surface area contributed by atoms with E-state index < -0.39 is 0 Å². The van der Waals surface area contributed by atoms with Crippen LogP contribution in [0.4, 0.5) is 10.1 Å². The van der Waals surface area contributed by atoms with E-state index in [1.807, 2.05) is 26.1 Å². The maximum absolute atomic E-state index is 13.1. The van der Waals surface area contributed by atoms with Crippen molar-refractivity contribution in [1.82, 2.24) is 5.43 Å². The van der Waals surface area contributed by atoms with E-state index >= 15 is 0 Å². The number of hydrogen-bond donors (Lipinski definition) is 3. The molecule has 6 heteroatoms. The summed E-state index contributed by atoms with van der Waals surface area (Å²) in [6.07, 6.45) is 1.31. The zero-order valence-corrected chi connectivity index (χ0v) is 14.2. The molecular weight excluding hydrogens is 309 g/mol. The third kappa shape index (κ3) is 5.55.